The van der Waals surface area contributed by atoms with Gasteiger partial charge in [-0.15, -0.1) is 0 Å². The van der Waals surface area contributed by atoms with Gasteiger partial charge in [-0.1, -0.05) is 30.4 Å². The molecular weight excluding hydrogens is 308 g/mol. The van der Waals surface area contributed by atoms with Crippen LogP contribution in [0, 0.1) is 11.8 Å². The molecule has 1 aliphatic rings. The van der Waals surface area contributed by atoms with Crippen molar-refractivity contribution >= 4 is 11.8 Å². The molecule has 1 aromatic rings. The Labute approximate surface area is 142 Å². The van der Waals surface area contributed by atoms with Gasteiger partial charge in [0, 0.05) is 24.7 Å². The lowest BCUT2D eigenvalue weighted by Gasteiger charge is -2.20. The van der Waals surface area contributed by atoms with Crippen molar-refractivity contribution < 1.29 is 24.5 Å². The maximum absolute atomic E-state index is 12.1. The van der Waals surface area contributed by atoms with Crippen molar-refractivity contribution in [3.05, 3.63) is 42.5 Å². The first kappa shape index (κ1) is 18.2. The van der Waals surface area contributed by atoms with Crippen LogP contribution in [0.25, 0.3) is 0 Å². The van der Waals surface area contributed by atoms with Crippen LogP contribution in [0.3, 0.4) is 0 Å². The lowest BCUT2D eigenvalue weighted by molar-refractivity contribution is -0.137. The van der Waals surface area contributed by atoms with Gasteiger partial charge in [0.15, 0.2) is 0 Å². The van der Waals surface area contributed by atoms with Crippen molar-refractivity contribution in [2.45, 2.75) is 38.2 Å². The predicted molar refractivity (Wildman–Crippen MR) is 89.8 cm³/mol. The van der Waals surface area contributed by atoms with Gasteiger partial charge in [-0.2, -0.15) is 0 Å². The van der Waals surface area contributed by atoms with E-state index in [1.54, 1.807) is 0 Å². The summed E-state index contributed by atoms with van der Waals surface area (Å²) in [7, 11) is 0. The minimum absolute atomic E-state index is 0.0688. The molecule has 2 N–H and O–H groups in total. The molecule has 1 aromatic carbocycles. The Hall–Kier alpha value is -2.14. The number of Topliss-reactive ketones (excluding diaryl/α,β-unsaturated/α-hetero) is 1. The highest BCUT2D eigenvalue weighted by atomic mass is 16.5. The van der Waals surface area contributed by atoms with Crippen LogP contribution in [0.4, 0.5) is 0 Å². The van der Waals surface area contributed by atoms with Gasteiger partial charge in [0.1, 0.15) is 11.5 Å². The molecule has 1 fully saturated rings. The van der Waals surface area contributed by atoms with E-state index in [4.69, 9.17) is 9.84 Å². The van der Waals surface area contributed by atoms with Gasteiger partial charge in [0.05, 0.1) is 12.7 Å². The van der Waals surface area contributed by atoms with Crippen molar-refractivity contribution in [3.63, 3.8) is 0 Å². The van der Waals surface area contributed by atoms with Crippen LogP contribution < -0.4 is 4.74 Å². The zero-order valence-corrected chi connectivity index (χ0v) is 13.6. The molecule has 0 spiro atoms. The number of carboxylic acid groups (broad SMARTS) is 1. The molecule has 24 heavy (non-hydrogen) atoms. The summed E-state index contributed by atoms with van der Waals surface area (Å²) in [6, 6.07) is 9.35. The molecule has 0 amide bonds. The Morgan fingerprint density at radius 3 is 2.71 bits per heavy atom. The number of para-hydroxylation sites is 1. The molecule has 0 radical (unpaired) electrons. The topological polar surface area (TPSA) is 83.8 Å². The molecule has 2 rings (SSSR count). The second-order valence-corrected chi connectivity index (χ2v) is 6.13. The normalized spacial score (nSPS) is 23.7. The van der Waals surface area contributed by atoms with Crippen LogP contribution in [-0.4, -0.2) is 34.7 Å². The summed E-state index contributed by atoms with van der Waals surface area (Å²) in [6.45, 7) is 0.314. The molecule has 130 valence electrons. The lowest BCUT2D eigenvalue weighted by atomic mass is 9.91. The number of rotatable bonds is 9. The van der Waals surface area contributed by atoms with Crippen LogP contribution in [0.15, 0.2) is 42.5 Å². The van der Waals surface area contributed by atoms with Gasteiger partial charge in [-0.05, 0) is 31.4 Å². The highest BCUT2D eigenvalue weighted by Crippen LogP contribution is 2.32. The number of aliphatic hydroxyl groups excluding tert-OH is 1. The second kappa shape index (κ2) is 9.23. The van der Waals surface area contributed by atoms with Gasteiger partial charge >= 0.3 is 5.97 Å². The zero-order chi connectivity index (χ0) is 17.4. The van der Waals surface area contributed by atoms with Crippen molar-refractivity contribution in [3.8, 4) is 5.75 Å². The van der Waals surface area contributed by atoms with E-state index in [2.05, 4.69) is 0 Å². The SMILES string of the molecule is O=C(O)CCC/C=C\C[C@H]1C(=O)C[C@@H](O)[C@@H]1COc1ccccc1. The van der Waals surface area contributed by atoms with E-state index in [0.29, 0.717) is 25.9 Å². The van der Waals surface area contributed by atoms with Crippen molar-refractivity contribution in [1.29, 1.82) is 0 Å². The number of aliphatic hydroxyl groups is 1. The quantitative estimate of drug-likeness (QED) is 0.536. The second-order valence-electron chi connectivity index (χ2n) is 6.13. The zero-order valence-electron chi connectivity index (χ0n) is 13.6. The van der Waals surface area contributed by atoms with Crippen molar-refractivity contribution in [1.82, 2.24) is 0 Å². The van der Waals surface area contributed by atoms with Gasteiger partial charge < -0.3 is 14.9 Å². The Bertz CT molecular complexity index is 566. The summed E-state index contributed by atoms with van der Waals surface area (Å²) in [4.78, 5) is 22.5. The van der Waals surface area contributed by atoms with Crippen LogP contribution >= 0.6 is 0 Å². The molecular formula is C19H24O5. The number of benzene rings is 1. The summed E-state index contributed by atoms with van der Waals surface area (Å²) in [5.74, 6) is -0.442. The van der Waals surface area contributed by atoms with E-state index in [-0.39, 0.29) is 30.5 Å². The van der Waals surface area contributed by atoms with Gasteiger partial charge in [0.25, 0.3) is 0 Å². The molecule has 1 aliphatic carbocycles. The van der Waals surface area contributed by atoms with E-state index < -0.39 is 12.1 Å². The number of carbonyl (C=O) groups excluding carboxylic acids is 1. The van der Waals surface area contributed by atoms with Gasteiger partial charge in [-0.25, -0.2) is 0 Å². The van der Waals surface area contributed by atoms with E-state index in [0.717, 1.165) is 5.75 Å². The van der Waals surface area contributed by atoms with Crippen LogP contribution in [0.5, 0.6) is 5.75 Å². The Morgan fingerprint density at radius 1 is 1.25 bits per heavy atom. The Balaban J connectivity index is 1.83. The first-order valence-electron chi connectivity index (χ1n) is 8.33. The Morgan fingerprint density at radius 2 is 2.00 bits per heavy atom. The van der Waals surface area contributed by atoms with E-state index in [9.17, 15) is 14.7 Å². The fourth-order valence-corrected chi connectivity index (χ4v) is 2.99. The highest BCUT2D eigenvalue weighted by Gasteiger charge is 2.41. The smallest absolute Gasteiger partial charge is 0.303 e. The third-order valence-corrected chi connectivity index (χ3v) is 4.34. The third kappa shape index (κ3) is 5.49. The summed E-state index contributed by atoms with van der Waals surface area (Å²) >= 11 is 0. The first-order chi connectivity index (χ1) is 11.6. The first-order valence-corrected chi connectivity index (χ1v) is 8.33. The standard InChI is InChI=1S/C19H24O5/c20-17-12-18(21)16(13-24-14-8-4-3-5-9-14)15(17)10-6-1-2-7-11-19(22)23/h1,3-6,8-9,15-16,18,21H,2,7,10-13H2,(H,22,23)/b6-1-/t15-,16-,18-/m1/s1. The predicted octanol–water partition coefficient (Wildman–Crippen LogP) is 2.83. The average molecular weight is 332 g/mol. The van der Waals surface area contributed by atoms with Gasteiger partial charge in [0.2, 0.25) is 0 Å². The molecule has 5 nitrogen and oxygen atoms in total. The maximum Gasteiger partial charge on any atom is 0.303 e. The fourth-order valence-electron chi connectivity index (χ4n) is 2.99. The van der Waals surface area contributed by atoms with Gasteiger partial charge in [-0.3, -0.25) is 9.59 Å². The molecule has 0 heterocycles. The van der Waals surface area contributed by atoms with Crippen molar-refractivity contribution in [2.75, 3.05) is 6.61 Å². The summed E-state index contributed by atoms with van der Waals surface area (Å²) in [6.07, 6.45) is 5.33. The number of hydrogen-bond donors (Lipinski definition) is 2. The lowest BCUT2D eigenvalue weighted by Crippen LogP contribution is -2.26. The monoisotopic (exact) mass is 332 g/mol. The molecule has 0 aromatic heterocycles. The number of carboxylic acids is 1. The molecule has 5 heteroatoms. The summed E-state index contributed by atoms with van der Waals surface area (Å²) in [5.41, 5.74) is 0. The number of unbranched alkanes of at least 4 members (excludes halogenated alkanes) is 1. The van der Waals surface area contributed by atoms with Crippen LogP contribution in [-0.2, 0) is 9.59 Å². The van der Waals surface area contributed by atoms with E-state index in [1.807, 2.05) is 42.5 Å². The summed E-state index contributed by atoms with van der Waals surface area (Å²) in [5, 5.41) is 18.7. The van der Waals surface area contributed by atoms with Crippen LogP contribution in [0.2, 0.25) is 0 Å². The molecule has 0 bridgehead atoms. The number of allylic oxidation sites excluding steroid dienone is 2. The van der Waals surface area contributed by atoms with E-state index in [1.165, 1.54) is 0 Å². The fraction of sp³-hybridized carbons (Fsp3) is 0.474. The van der Waals surface area contributed by atoms with Crippen molar-refractivity contribution in [2.24, 2.45) is 11.8 Å². The molecule has 3 atom stereocenters. The third-order valence-electron chi connectivity index (χ3n) is 4.34. The molecule has 0 unspecified atom stereocenters. The molecule has 0 saturated heterocycles. The minimum atomic E-state index is -0.796. The number of ketones is 1. The summed E-state index contributed by atoms with van der Waals surface area (Å²) < 4.78 is 5.71. The number of carbonyl (C=O) groups is 2. The number of hydrogen-bond acceptors (Lipinski definition) is 4. The number of ether oxygens (including phenoxy) is 1. The minimum Gasteiger partial charge on any atom is -0.493 e. The highest BCUT2D eigenvalue weighted by molar-refractivity contribution is 5.84. The average Bonchev–Trinajstić information content (AvgIpc) is 2.83. The van der Waals surface area contributed by atoms with E-state index >= 15 is 0 Å². The maximum atomic E-state index is 12.1. The van der Waals surface area contributed by atoms with Crippen LogP contribution in [0.1, 0.15) is 32.1 Å². The Kier molecular flexibility index (Phi) is 7.00. The molecule has 1 saturated carbocycles. The number of aliphatic carboxylic acids is 1. The largest absolute Gasteiger partial charge is 0.493 e. The molecule has 0 aliphatic heterocycles.